The topological polar surface area (TPSA) is 72.4 Å². The zero-order valence-corrected chi connectivity index (χ0v) is 16.5. The van der Waals surface area contributed by atoms with Gasteiger partial charge in [0, 0.05) is 16.7 Å². The molecule has 152 valence electrons. The molecule has 0 aliphatic carbocycles. The number of hydrogen-bond donors (Lipinski definition) is 1. The molecule has 0 saturated heterocycles. The Morgan fingerprint density at radius 1 is 1.03 bits per heavy atom. The standard InChI is InChI=1S/C22H15F2NO4S/c1-12-9-17-18(21(27)25(12)11-13-5-7-14(23)8-6-13)19(26)20(22(28)29-17)30-16-4-2-3-15(24)10-16/h2-10,26H,11H2,1H3. The Morgan fingerprint density at radius 3 is 2.47 bits per heavy atom. The lowest BCUT2D eigenvalue weighted by molar-refractivity contribution is 0.445. The summed E-state index contributed by atoms with van der Waals surface area (Å²) in [4.78, 5) is 25.7. The highest BCUT2D eigenvalue weighted by atomic mass is 32.2. The van der Waals surface area contributed by atoms with Crippen molar-refractivity contribution in [2.75, 3.05) is 0 Å². The van der Waals surface area contributed by atoms with Gasteiger partial charge in [0.05, 0.1) is 6.54 Å². The third kappa shape index (κ3) is 3.73. The highest BCUT2D eigenvalue weighted by Gasteiger charge is 2.20. The first-order valence-corrected chi connectivity index (χ1v) is 9.73. The fraction of sp³-hybridized carbons (Fsp3) is 0.0909. The van der Waals surface area contributed by atoms with Crippen molar-refractivity contribution in [3.63, 3.8) is 0 Å². The second-order valence-corrected chi connectivity index (χ2v) is 7.75. The number of hydrogen-bond acceptors (Lipinski definition) is 5. The molecule has 1 N–H and O–H groups in total. The number of rotatable bonds is 4. The molecule has 0 radical (unpaired) electrons. The summed E-state index contributed by atoms with van der Waals surface area (Å²) in [7, 11) is 0. The Balaban J connectivity index is 1.85. The van der Waals surface area contributed by atoms with Crippen molar-refractivity contribution in [1.82, 2.24) is 4.57 Å². The van der Waals surface area contributed by atoms with Crippen LogP contribution in [-0.2, 0) is 6.54 Å². The molecule has 2 aromatic heterocycles. The van der Waals surface area contributed by atoms with E-state index in [2.05, 4.69) is 0 Å². The molecule has 0 atom stereocenters. The number of pyridine rings is 1. The minimum atomic E-state index is -0.829. The lowest BCUT2D eigenvalue weighted by Crippen LogP contribution is -2.24. The summed E-state index contributed by atoms with van der Waals surface area (Å²) in [6.45, 7) is 1.81. The molecule has 2 aromatic carbocycles. The van der Waals surface area contributed by atoms with Crippen LogP contribution in [0.2, 0.25) is 0 Å². The van der Waals surface area contributed by atoms with E-state index in [4.69, 9.17) is 4.42 Å². The quantitative estimate of drug-likeness (QED) is 0.521. The van der Waals surface area contributed by atoms with Crippen LogP contribution in [0.5, 0.6) is 5.75 Å². The Labute approximate surface area is 173 Å². The number of aryl methyl sites for hydroxylation is 1. The molecule has 0 spiro atoms. The van der Waals surface area contributed by atoms with E-state index in [0.717, 1.165) is 11.8 Å². The van der Waals surface area contributed by atoms with Crippen molar-refractivity contribution >= 4 is 22.7 Å². The Hall–Kier alpha value is -3.39. The predicted molar refractivity (Wildman–Crippen MR) is 109 cm³/mol. The van der Waals surface area contributed by atoms with Gasteiger partial charge in [-0.15, -0.1) is 0 Å². The summed E-state index contributed by atoms with van der Waals surface area (Å²) in [5, 5.41) is 10.6. The van der Waals surface area contributed by atoms with Crippen LogP contribution in [0, 0.1) is 18.6 Å². The van der Waals surface area contributed by atoms with Crippen LogP contribution in [0.15, 0.2) is 78.4 Å². The van der Waals surface area contributed by atoms with Gasteiger partial charge in [0.15, 0.2) is 5.75 Å². The summed E-state index contributed by atoms with van der Waals surface area (Å²) in [6.07, 6.45) is 0. The molecule has 4 rings (SSSR count). The van der Waals surface area contributed by atoms with Gasteiger partial charge in [0.1, 0.15) is 27.5 Å². The van der Waals surface area contributed by atoms with Gasteiger partial charge in [-0.1, -0.05) is 30.0 Å². The molecule has 2 heterocycles. The van der Waals surface area contributed by atoms with Crippen LogP contribution in [0.3, 0.4) is 0 Å². The third-order valence-corrected chi connectivity index (χ3v) is 5.63. The first-order chi connectivity index (χ1) is 14.3. The van der Waals surface area contributed by atoms with Crippen LogP contribution in [-0.4, -0.2) is 9.67 Å². The minimum Gasteiger partial charge on any atom is -0.505 e. The van der Waals surface area contributed by atoms with E-state index >= 15 is 0 Å². The van der Waals surface area contributed by atoms with Crippen molar-refractivity contribution in [2.24, 2.45) is 0 Å². The largest absolute Gasteiger partial charge is 0.505 e. The van der Waals surface area contributed by atoms with E-state index in [1.807, 2.05) is 0 Å². The first-order valence-electron chi connectivity index (χ1n) is 8.91. The fourth-order valence-corrected chi connectivity index (χ4v) is 3.98. The van der Waals surface area contributed by atoms with Crippen molar-refractivity contribution < 1.29 is 18.3 Å². The van der Waals surface area contributed by atoms with Crippen molar-refractivity contribution in [2.45, 2.75) is 23.3 Å². The third-order valence-electron chi connectivity index (χ3n) is 4.58. The lowest BCUT2D eigenvalue weighted by Gasteiger charge is -2.13. The minimum absolute atomic E-state index is 0.0426. The number of benzene rings is 2. The number of aromatic hydroxyl groups is 1. The van der Waals surface area contributed by atoms with Crippen molar-refractivity contribution in [3.05, 3.63) is 98.3 Å². The molecule has 0 amide bonds. The van der Waals surface area contributed by atoms with Crippen molar-refractivity contribution in [3.8, 4) is 5.75 Å². The molecule has 8 heteroatoms. The molecule has 0 saturated carbocycles. The van der Waals surface area contributed by atoms with Gasteiger partial charge in [-0.3, -0.25) is 4.79 Å². The predicted octanol–water partition coefficient (Wildman–Crippen LogP) is 4.45. The second kappa shape index (κ2) is 7.79. The van der Waals surface area contributed by atoms with Crippen LogP contribution in [0.4, 0.5) is 8.78 Å². The maximum Gasteiger partial charge on any atom is 0.354 e. The highest BCUT2D eigenvalue weighted by molar-refractivity contribution is 7.99. The summed E-state index contributed by atoms with van der Waals surface area (Å²) in [5.41, 5.74) is -0.239. The zero-order valence-electron chi connectivity index (χ0n) is 15.7. The molecule has 0 bridgehead atoms. The fourth-order valence-electron chi connectivity index (χ4n) is 3.10. The van der Waals surface area contributed by atoms with Crippen LogP contribution in [0.1, 0.15) is 11.3 Å². The van der Waals surface area contributed by atoms with Gasteiger partial charge < -0.3 is 14.1 Å². The van der Waals surface area contributed by atoms with E-state index in [1.54, 1.807) is 25.1 Å². The molecule has 0 fully saturated rings. The maximum absolute atomic E-state index is 13.5. The Bertz CT molecular complexity index is 1380. The Kier molecular flexibility index (Phi) is 5.17. The number of fused-ring (bicyclic) bond motifs is 1. The summed E-state index contributed by atoms with van der Waals surface area (Å²) < 4.78 is 33.3. The average Bonchev–Trinajstić information content (AvgIpc) is 2.69. The first kappa shape index (κ1) is 19.9. The molecule has 0 aliphatic heterocycles. The smallest absolute Gasteiger partial charge is 0.354 e. The normalized spacial score (nSPS) is 11.2. The van der Waals surface area contributed by atoms with Crippen molar-refractivity contribution in [1.29, 1.82) is 0 Å². The van der Waals surface area contributed by atoms with Gasteiger partial charge in [-0.2, -0.15) is 0 Å². The van der Waals surface area contributed by atoms with E-state index in [9.17, 15) is 23.5 Å². The van der Waals surface area contributed by atoms with Crippen LogP contribution < -0.4 is 11.2 Å². The van der Waals surface area contributed by atoms with Crippen LogP contribution in [0.25, 0.3) is 11.0 Å². The summed E-state index contributed by atoms with van der Waals surface area (Å²) >= 11 is 0.808. The molecular weight excluding hydrogens is 412 g/mol. The lowest BCUT2D eigenvalue weighted by atomic mass is 10.2. The average molecular weight is 427 g/mol. The molecular formula is C22H15F2NO4S. The molecule has 0 aliphatic rings. The van der Waals surface area contributed by atoms with Gasteiger partial charge in [0.2, 0.25) is 0 Å². The number of halogens is 2. The SMILES string of the molecule is Cc1cc2oc(=O)c(Sc3cccc(F)c3)c(O)c2c(=O)n1Cc1ccc(F)cc1. The van der Waals surface area contributed by atoms with E-state index in [0.29, 0.717) is 16.2 Å². The van der Waals surface area contributed by atoms with Gasteiger partial charge in [-0.05, 0) is 42.8 Å². The molecule has 4 aromatic rings. The molecule has 0 unspecified atom stereocenters. The summed E-state index contributed by atoms with van der Waals surface area (Å²) in [6, 6.07) is 12.7. The van der Waals surface area contributed by atoms with Crippen LogP contribution >= 0.6 is 11.8 Å². The molecule has 30 heavy (non-hydrogen) atoms. The van der Waals surface area contributed by atoms with E-state index in [1.165, 1.54) is 41.0 Å². The highest BCUT2D eigenvalue weighted by Crippen LogP contribution is 2.35. The molecule has 5 nitrogen and oxygen atoms in total. The van der Waals surface area contributed by atoms with Gasteiger partial charge in [-0.25, -0.2) is 13.6 Å². The van der Waals surface area contributed by atoms with Gasteiger partial charge in [0.25, 0.3) is 5.56 Å². The van der Waals surface area contributed by atoms with E-state index < -0.39 is 22.8 Å². The van der Waals surface area contributed by atoms with E-state index in [-0.39, 0.29) is 28.2 Å². The number of aromatic nitrogens is 1. The Morgan fingerprint density at radius 2 is 1.77 bits per heavy atom. The number of nitrogens with zero attached hydrogens (tertiary/aromatic N) is 1. The monoisotopic (exact) mass is 427 g/mol. The zero-order chi connectivity index (χ0) is 21.4. The second-order valence-electron chi connectivity index (χ2n) is 6.67. The summed E-state index contributed by atoms with van der Waals surface area (Å²) in [5.74, 6) is -1.41. The maximum atomic E-state index is 13.5. The van der Waals surface area contributed by atoms with Gasteiger partial charge >= 0.3 is 5.63 Å².